The first kappa shape index (κ1) is 7.60. The molecule has 2 unspecified atom stereocenters. The van der Waals surface area contributed by atoms with E-state index in [1.165, 1.54) is 0 Å². The minimum atomic E-state index is -0.256. The Kier molecular flexibility index (Phi) is 1.99. The third-order valence-electron chi connectivity index (χ3n) is 1.26. The molecule has 1 rings (SSSR count). The maximum atomic E-state index is 10.7. The molecule has 0 radical (unpaired) electrons. The molecule has 0 spiro atoms. The summed E-state index contributed by atoms with van der Waals surface area (Å²) in [5.41, 5.74) is 0.916. The third kappa shape index (κ3) is 1.31. The quantitative estimate of drug-likeness (QED) is 0.320. The highest BCUT2D eigenvalue weighted by molar-refractivity contribution is 7.81. The minimum absolute atomic E-state index is 0.0267. The molecule has 0 bridgehead atoms. The van der Waals surface area contributed by atoms with Crippen LogP contribution in [0.3, 0.4) is 0 Å². The number of carbonyl (C=O) groups excluding carboxylic acids is 1. The summed E-state index contributed by atoms with van der Waals surface area (Å²) in [7, 11) is 0. The average molecular weight is 158 g/mol. The lowest BCUT2D eigenvalue weighted by molar-refractivity contribution is -0.127. The fraction of sp³-hybridized carbons (Fsp3) is 0.667. The lowest BCUT2D eigenvalue weighted by atomic mass is 10.1. The zero-order chi connectivity index (χ0) is 7.72. The van der Waals surface area contributed by atoms with Gasteiger partial charge in [0.15, 0.2) is 6.04 Å². The van der Waals surface area contributed by atoms with E-state index in [1.807, 2.05) is 13.8 Å². The van der Waals surface area contributed by atoms with Crippen LogP contribution in [0.15, 0.2) is 4.99 Å². The predicted molar refractivity (Wildman–Crippen MR) is 43.5 cm³/mol. The number of amides is 1. The highest BCUT2D eigenvalue weighted by Gasteiger charge is 2.36. The molecule has 0 aromatic heterocycles. The molecule has 4 heteroatoms. The van der Waals surface area contributed by atoms with Crippen LogP contribution in [0.5, 0.6) is 0 Å². The van der Waals surface area contributed by atoms with Crippen molar-refractivity contribution in [3.63, 3.8) is 0 Å². The SMILES string of the molecule is CC(C)=NC1C(=O)NC1S. The zero-order valence-corrected chi connectivity index (χ0v) is 6.85. The molecular weight excluding hydrogens is 148 g/mol. The summed E-state index contributed by atoms with van der Waals surface area (Å²) in [4.78, 5) is 14.8. The second-order valence-electron chi connectivity index (χ2n) is 2.47. The molecule has 0 saturated carbocycles. The second kappa shape index (κ2) is 2.62. The van der Waals surface area contributed by atoms with Gasteiger partial charge in [0.25, 0.3) is 0 Å². The number of rotatable bonds is 1. The molecule has 0 aliphatic carbocycles. The summed E-state index contributed by atoms with van der Waals surface area (Å²) in [5, 5.41) is 2.50. The highest BCUT2D eigenvalue weighted by Crippen LogP contribution is 2.13. The molecule has 1 aliphatic rings. The Hall–Kier alpha value is -0.510. The normalized spacial score (nSPS) is 30.5. The van der Waals surface area contributed by atoms with Crippen LogP contribution in [-0.4, -0.2) is 23.0 Å². The molecule has 1 N–H and O–H groups in total. The van der Waals surface area contributed by atoms with E-state index in [9.17, 15) is 4.79 Å². The highest BCUT2D eigenvalue weighted by atomic mass is 32.1. The van der Waals surface area contributed by atoms with Gasteiger partial charge >= 0.3 is 0 Å². The summed E-state index contributed by atoms with van der Waals surface area (Å²) in [6.45, 7) is 3.73. The van der Waals surface area contributed by atoms with Gasteiger partial charge in [-0.1, -0.05) is 0 Å². The first-order valence-corrected chi connectivity index (χ1v) is 3.62. The van der Waals surface area contributed by atoms with Crippen molar-refractivity contribution in [2.24, 2.45) is 4.99 Å². The number of hydrogen-bond acceptors (Lipinski definition) is 3. The van der Waals surface area contributed by atoms with E-state index < -0.39 is 0 Å². The van der Waals surface area contributed by atoms with E-state index in [1.54, 1.807) is 0 Å². The monoisotopic (exact) mass is 158 g/mol. The number of β-lactam (4-membered cyclic amide) rings is 1. The summed E-state index contributed by atoms with van der Waals surface area (Å²) in [5.74, 6) is -0.0267. The molecular formula is C6H10N2OS. The summed E-state index contributed by atoms with van der Waals surface area (Å²) in [6, 6.07) is -0.256. The first-order valence-electron chi connectivity index (χ1n) is 3.10. The predicted octanol–water partition coefficient (Wildman–Crippen LogP) is 0.222. The van der Waals surface area contributed by atoms with E-state index in [-0.39, 0.29) is 17.3 Å². The third-order valence-corrected chi connectivity index (χ3v) is 1.67. The van der Waals surface area contributed by atoms with Gasteiger partial charge < -0.3 is 5.32 Å². The standard InChI is InChI=1S/C6H10N2OS/c1-3(2)7-4-5(9)8-6(4)10/h4,6,10H,1-2H3,(H,8,9). The van der Waals surface area contributed by atoms with Crippen LogP contribution in [0.25, 0.3) is 0 Å². The van der Waals surface area contributed by atoms with Gasteiger partial charge in [-0.2, -0.15) is 12.6 Å². The van der Waals surface area contributed by atoms with Crippen molar-refractivity contribution in [3.05, 3.63) is 0 Å². The van der Waals surface area contributed by atoms with E-state index in [2.05, 4.69) is 22.9 Å². The van der Waals surface area contributed by atoms with Gasteiger partial charge in [0.05, 0.1) is 0 Å². The molecule has 0 aromatic rings. The van der Waals surface area contributed by atoms with Crippen LogP contribution in [0.1, 0.15) is 13.8 Å². The summed E-state index contributed by atoms with van der Waals surface area (Å²) >= 11 is 4.07. The van der Waals surface area contributed by atoms with Crippen molar-refractivity contribution in [2.45, 2.75) is 25.3 Å². The van der Waals surface area contributed by atoms with E-state index in [0.29, 0.717) is 0 Å². The van der Waals surface area contributed by atoms with Crippen molar-refractivity contribution >= 4 is 24.2 Å². The molecule has 3 nitrogen and oxygen atoms in total. The first-order chi connectivity index (χ1) is 4.61. The second-order valence-corrected chi connectivity index (χ2v) is 3.03. The van der Waals surface area contributed by atoms with E-state index in [0.717, 1.165) is 5.71 Å². The number of carbonyl (C=O) groups is 1. The van der Waals surface area contributed by atoms with Crippen LogP contribution in [0, 0.1) is 0 Å². The number of nitrogens with one attached hydrogen (secondary N) is 1. The largest absolute Gasteiger partial charge is 0.340 e. The number of nitrogens with zero attached hydrogens (tertiary/aromatic N) is 1. The van der Waals surface area contributed by atoms with E-state index in [4.69, 9.17) is 0 Å². The van der Waals surface area contributed by atoms with Gasteiger partial charge in [-0.3, -0.25) is 9.79 Å². The Bertz CT molecular complexity index is 186. The smallest absolute Gasteiger partial charge is 0.248 e. The van der Waals surface area contributed by atoms with Crippen LogP contribution in [0.4, 0.5) is 0 Å². The zero-order valence-electron chi connectivity index (χ0n) is 5.96. The van der Waals surface area contributed by atoms with Crippen LogP contribution < -0.4 is 5.32 Å². The van der Waals surface area contributed by atoms with Crippen molar-refractivity contribution in [2.75, 3.05) is 0 Å². The molecule has 10 heavy (non-hydrogen) atoms. The Labute approximate surface area is 65.3 Å². The molecule has 1 fully saturated rings. The Morgan fingerprint density at radius 3 is 2.50 bits per heavy atom. The fourth-order valence-corrected chi connectivity index (χ4v) is 1.09. The van der Waals surface area contributed by atoms with Gasteiger partial charge in [0.1, 0.15) is 5.37 Å². The lowest BCUT2D eigenvalue weighted by Gasteiger charge is -2.30. The van der Waals surface area contributed by atoms with E-state index >= 15 is 0 Å². The van der Waals surface area contributed by atoms with Gasteiger partial charge in [-0.05, 0) is 13.8 Å². The Balaban J connectivity index is 2.56. The average Bonchev–Trinajstić information content (AvgIpc) is 1.84. The number of aliphatic imine (C=N–C) groups is 1. The Morgan fingerprint density at radius 2 is 2.30 bits per heavy atom. The van der Waals surface area contributed by atoms with Crippen LogP contribution in [0.2, 0.25) is 0 Å². The van der Waals surface area contributed by atoms with Gasteiger partial charge in [-0.15, -0.1) is 0 Å². The van der Waals surface area contributed by atoms with Crippen molar-refractivity contribution in [3.8, 4) is 0 Å². The number of hydrogen-bond donors (Lipinski definition) is 2. The fourth-order valence-electron chi connectivity index (χ4n) is 0.765. The molecule has 2 atom stereocenters. The molecule has 1 heterocycles. The van der Waals surface area contributed by atoms with Crippen molar-refractivity contribution < 1.29 is 4.79 Å². The van der Waals surface area contributed by atoms with Crippen molar-refractivity contribution in [1.82, 2.24) is 5.32 Å². The summed E-state index contributed by atoms with van der Waals surface area (Å²) in [6.07, 6.45) is 0. The van der Waals surface area contributed by atoms with Gasteiger partial charge in [0.2, 0.25) is 5.91 Å². The lowest BCUT2D eigenvalue weighted by Crippen LogP contribution is -2.58. The maximum Gasteiger partial charge on any atom is 0.248 e. The minimum Gasteiger partial charge on any atom is -0.340 e. The molecule has 56 valence electrons. The summed E-state index contributed by atoms with van der Waals surface area (Å²) < 4.78 is 0. The number of thiol groups is 1. The Morgan fingerprint density at radius 1 is 1.70 bits per heavy atom. The molecule has 1 aliphatic heterocycles. The van der Waals surface area contributed by atoms with Gasteiger partial charge in [0, 0.05) is 5.71 Å². The topological polar surface area (TPSA) is 41.5 Å². The van der Waals surface area contributed by atoms with Crippen LogP contribution >= 0.6 is 12.6 Å². The maximum absolute atomic E-state index is 10.7. The van der Waals surface area contributed by atoms with Crippen molar-refractivity contribution in [1.29, 1.82) is 0 Å². The van der Waals surface area contributed by atoms with Gasteiger partial charge in [-0.25, -0.2) is 0 Å². The molecule has 0 aromatic carbocycles. The molecule has 1 saturated heterocycles. The van der Waals surface area contributed by atoms with Crippen LogP contribution in [-0.2, 0) is 4.79 Å². The molecule has 1 amide bonds.